The van der Waals surface area contributed by atoms with Gasteiger partial charge in [-0.2, -0.15) is 0 Å². The SMILES string of the molecule is C[C@@H](c1cc(Cl)cc(Cl)c1)N1CC(COc2cc(F)c(C(=O)OC(C)(C)C)cc2C2CC2)C1. The van der Waals surface area contributed by atoms with Gasteiger partial charge in [0.2, 0.25) is 0 Å². The fourth-order valence-corrected chi connectivity index (χ4v) is 4.71. The summed E-state index contributed by atoms with van der Waals surface area (Å²) in [5.74, 6) is -0.0472. The van der Waals surface area contributed by atoms with Gasteiger partial charge < -0.3 is 9.47 Å². The number of esters is 1. The number of likely N-dealkylation sites (tertiary alicyclic amines) is 1. The van der Waals surface area contributed by atoms with Crippen molar-refractivity contribution in [3.63, 3.8) is 0 Å². The molecule has 2 aliphatic rings. The average Bonchev–Trinajstić information content (AvgIpc) is 3.49. The summed E-state index contributed by atoms with van der Waals surface area (Å²) >= 11 is 12.3. The van der Waals surface area contributed by atoms with E-state index >= 15 is 0 Å². The number of nitrogens with zero attached hydrogens (tertiary/aromatic N) is 1. The van der Waals surface area contributed by atoms with E-state index in [0.29, 0.717) is 34.2 Å². The lowest BCUT2D eigenvalue weighted by molar-refractivity contribution is 0.00643. The molecule has 178 valence electrons. The normalized spacial score (nSPS) is 18.0. The maximum absolute atomic E-state index is 14.8. The van der Waals surface area contributed by atoms with Gasteiger partial charge >= 0.3 is 5.97 Å². The zero-order valence-corrected chi connectivity index (χ0v) is 21.0. The molecule has 2 aromatic rings. The van der Waals surface area contributed by atoms with Crippen molar-refractivity contribution in [3.8, 4) is 5.75 Å². The fraction of sp³-hybridized carbons (Fsp3) is 0.500. The number of benzene rings is 2. The van der Waals surface area contributed by atoms with Crippen LogP contribution in [-0.2, 0) is 4.74 Å². The van der Waals surface area contributed by atoms with Crippen molar-refractivity contribution >= 4 is 29.2 Å². The van der Waals surface area contributed by atoms with Gasteiger partial charge in [-0.05, 0) is 81.8 Å². The molecule has 2 aromatic carbocycles. The van der Waals surface area contributed by atoms with Crippen LogP contribution in [0.5, 0.6) is 5.75 Å². The number of carbonyl (C=O) groups is 1. The van der Waals surface area contributed by atoms with Crippen molar-refractivity contribution in [2.24, 2.45) is 5.92 Å². The highest BCUT2D eigenvalue weighted by atomic mass is 35.5. The standard InChI is InChI=1S/C26H30Cl2FNO3/c1-15(18-7-19(27)9-20(28)8-18)30-12-16(13-30)14-32-24-11-23(29)22(10-21(24)17-5-6-17)25(31)33-26(2,3)4/h7-11,15-17H,5-6,12-14H2,1-4H3/t15-/m0/s1. The van der Waals surface area contributed by atoms with E-state index in [4.69, 9.17) is 32.7 Å². The summed E-state index contributed by atoms with van der Waals surface area (Å²) in [6.45, 7) is 9.70. The molecular weight excluding hydrogens is 464 g/mol. The largest absolute Gasteiger partial charge is 0.493 e. The lowest BCUT2D eigenvalue weighted by Crippen LogP contribution is -2.50. The summed E-state index contributed by atoms with van der Waals surface area (Å²) in [6, 6.07) is 8.79. The quantitative estimate of drug-likeness (QED) is 0.387. The third-order valence-electron chi connectivity index (χ3n) is 6.11. The van der Waals surface area contributed by atoms with E-state index in [1.54, 1.807) is 32.9 Å². The molecule has 1 saturated carbocycles. The first-order valence-corrected chi connectivity index (χ1v) is 12.2. The molecule has 33 heavy (non-hydrogen) atoms. The number of ether oxygens (including phenoxy) is 2. The number of hydrogen-bond acceptors (Lipinski definition) is 4. The minimum absolute atomic E-state index is 0.0250. The van der Waals surface area contributed by atoms with Gasteiger partial charge in [0, 0.05) is 41.2 Å². The van der Waals surface area contributed by atoms with Crippen LogP contribution in [0.2, 0.25) is 10.0 Å². The highest BCUT2D eigenvalue weighted by Gasteiger charge is 2.34. The molecular formula is C26H30Cl2FNO3. The Balaban J connectivity index is 1.38. The van der Waals surface area contributed by atoms with Gasteiger partial charge in [-0.15, -0.1) is 0 Å². The van der Waals surface area contributed by atoms with Crippen LogP contribution < -0.4 is 4.74 Å². The predicted molar refractivity (Wildman–Crippen MR) is 129 cm³/mol. The van der Waals surface area contributed by atoms with Gasteiger partial charge in [0.1, 0.15) is 17.2 Å². The van der Waals surface area contributed by atoms with Gasteiger partial charge in [0.05, 0.1) is 12.2 Å². The first-order valence-electron chi connectivity index (χ1n) is 11.4. The molecule has 1 saturated heterocycles. The first kappa shape index (κ1) is 24.3. The van der Waals surface area contributed by atoms with Crippen LogP contribution in [0.3, 0.4) is 0 Å². The summed E-state index contributed by atoms with van der Waals surface area (Å²) in [5.41, 5.74) is 1.28. The average molecular weight is 494 g/mol. The lowest BCUT2D eigenvalue weighted by Gasteiger charge is -2.43. The van der Waals surface area contributed by atoms with E-state index in [2.05, 4.69) is 11.8 Å². The van der Waals surface area contributed by atoms with Crippen LogP contribution >= 0.6 is 23.2 Å². The lowest BCUT2D eigenvalue weighted by atomic mass is 9.95. The number of rotatable bonds is 7. The third kappa shape index (κ3) is 6.00. The minimum atomic E-state index is -0.678. The van der Waals surface area contributed by atoms with Crippen molar-refractivity contribution in [2.45, 2.75) is 58.1 Å². The molecule has 4 rings (SSSR count). The van der Waals surface area contributed by atoms with Crippen LogP contribution in [0.25, 0.3) is 0 Å². The summed E-state index contributed by atoms with van der Waals surface area (Å²) in [4.78, 5) is 14.8. The van der Waals surface area contributed by atoms with Crippen LogP contribution in [-0.4, -0.2) is 36.2 Å². The van der Waals surface area contributed by atoms with Gasteiger partial charge in [-0.25, -0.2) is 9.18 Å². The zero-order chi connectivity index (χ0) is 23.9. The van der Waals surface area contributed by atoms with Crippen molar-refractivity contribution in [3.05, 3.63) is 62.9 Å². The van der Waals surface area contributed by atoms with E-state index in [1.807, 2.05) is 12.1 Å². The molecule has 4 nitrogen and oxygen atoms in total. The molecule has 1 aliphatic heterocycles. The summed E-state index contributed by atoms with van der Waals surface area (Å²) in [6.07, 6.45) is 2.04. The van der Waals surface area contributed by atoms with Crippen molar-refractivity contribution in [2.75, 3.05) is 19.7 Å². The Kier molecular flexibility index (Phi) is 6.95. The van der Waals surface area contributed by atoms with E-state index in [0.717, 1.165) is 37.1 Å². The second-order valence-corrected chi connectivity index (χ2v) is 11.0. The Hall–Kier alpha value is -1.82. The Bertz CT molecular complexity index is 1020. The molecule has 0 N–H and O–H groups in total. The van der Waals surface area contributed by atoms with E-state index < -0.39 is 17.4 Å². The Morgan fingerprint density at radius 2 is 1.76 bits per heavy atom. The third-order valence-corrected chi connectivity index (χ3v) is 6.55. The summed E-state index contributed by atoms with van der Waals surface area (Å²) in [5, 5.41) is 1.27. The molecule has 0 spiro atoms. The first-order chi connectivity index (χ1) is 15.5. The van der Waals surface area contributed by atoms with E-state index in [1.165, 1.54) is 6.07 Å². The van der Waals surface area contributed by atoms with Crippen molar-refractivity contribution in [1.82, 2.24) is 4.90 Å². The number of halogens is 3. The molecule has 0 unspecified atom stereocenters. The monoisotopic (exact) mass is 493 g/mol. The highest BCUT2D eigenvalue weighted by molar-refractivity contribution is 6.34. The van der Waals surface area contributed by atoms with Gasteiger partial charge in [0.15, 0.2) is 0 Å². The second kappa shape index (κ2) is 9.44. The molecule has 0 aromatic heterocycles. The number of carbonyl (C=O) groups excluding carboxylic acids is 1. The van der Waals surface area contributed by atoms with E-state index in [-0.39, 0.29) is 11.6 Å². The Morgan fingerprint density at radius 1 is 1.12 bits per heavy atom. The predicted octanol–water partition coefficient (Wildman–Crippen LogP) is 7.04. The van der Waals surface area contributed by atoms with Crippen LogP contribution in [0.4, 0.5) is 4.39 Å². The number of hydrogen-bond donors (Lipinski definition) is 0. The Morgan fingerprint density at radius 3 is 2.33 bits per heavy atom. The van der Waals surface area contributed by atoms with Gasteiger partial charge in [-0.3, -0.25) is 4.90 Å². The van der Waals surface area contributed by atoms with Crippen LogP contribution in [0.15, 0.2) is 30.3 Å². The summed E-state index contributed by atoms with van der Waals surface area (Å²) < 4.78 is 26.2. The van der Waals surface area contributed by atoms with Crippen molar-refractivity contribution < 1.29 is 18.7 Å². The van der Waals surface area contributed by atoms with Gasteiger partial charge in [-0.1, -0.05) is 23.2 Å². The zero-order valence-electron chi connectivity index (χ0n) is 19.5. The topological polar surface area (TPSA) is 38.8 Å². The molecule has 1 aliphatic carbocycles. The molecule has 0 radical (unpaired) electrons. The molecule has 0 amide bonds. The second-order valence-electron chi connectivity index (χ2n) is 10.2. The molecule has 1 heterocycles. The Labute approximate surface area is 205 Å². The smallest absolute Gasteiger partial charge is 0.341 e. The molecule has 2 fully saturated rings. The minimum Gasteiger partial charge on any atom is -0.493 e. The maximum atomic E-state index is 14.8. The molecule has 1 atom stereocenters. The van der Waals surface area contributed by atoms with Crippen molar-refractivity contribution in [1.29, 1.82) is 0 Å². The van der Waals surface area contributed by atoms with Gasteiger partial charge in [0.25, 0.3) is 0 Å². The highest BCUT2D eigenvalue weighted by Crippen LogP contribution is 2.45. The van der Waals surface area contributed by atoms with Crippen LogP contribution in [0, 0.1) is 11.7 Å². The maximum Gasteiger partial charge on any atom is 0.341 e. The van der Waals surface area contributed by atoms with Crippen LogP contribution in [0.1, 0.15) is 74.0 Å². The fourth-order valence-electron chi connectivity index (χ4n) is 4.17. The van der Waals surface area contributed by atoms with E-state index in [9.17, 15) is 9.18 Å². The summed E-state index contributed by atoms with van der Waals surface area (Å²) in [7, 11) is 0. The molecule has 0 bridgehead atoms. The molecule has 7 heteroatoms.